The molecule has 0 aliphatic heterocycles. The van der Waals surface area contributed by atoms with E-state index < -0.39 is 0 Å². The summed E-state index contributed by atoms with van der Waals surface area (Å²) in [6.45, 7) is 0. The van der Waals surface area contributed by atoms with Gasteiger partial charge in [0.1, 0.15) is 0 Å². The van der Waals surface area contributed by atoms with Crippen molar-refractivity contribution in [1.82, 2.24) is 4.57 Å². The van der Waals surface area contributed by atoms with Crippen LogP contribution in [0.2, 0.25) is 0 Å². The summed E-state index contributed by atoms with van der Waals surface area (Å²) in [5.74, 6) is 0. The Morgan fingerprint density at radius 3 is 2.36 bits per heavy atom. The Morgan fingerprint density at radius 2 is 1.86 bits per heavy atom. The van der Waals surface area contributed by atoms with Gasteiger partial charge in [-0.15, -0.1) is 11.3 Å². The van der Waals surface area contributed by atoms with Crippen LogP contribution in [0.5, 0.6) is 0 Å². The predicted molar refractivity (Wildman–Crippen MR) is 69.9 cm³/mol. The molecule has 0 aliphatic carbocycles. The molecular weight excluding hydrogens is 346 g/mol. The lowest BCUT2D eigenvalue weighted by Gasteiger charge is -2.07. The molecule has 0 saturated carbocycles. The molecule has 0 saturated heterocycles. The molecule has 2 aromatic rings. The fourth-order valence-corrected chi connectivity index (χ4v) is 3.42. The van der Waals surface area contributed by atoms with Gasteiger partial charge in [-0.1, -0.05) is 6.07 Å². The van der Waals surface area contributed by atoms with E-state index in [2.05, 4.69) is 31.9 Å². The molecule has 0 N–H and O–H groups in total. The van der Waals surface area contributed by atoms with Crippen molar-refractivity contribution in [3.63, 3.8) is 0 Å². The van der Waals surface area contributed by atoms with Crippen molar-refractivity contribution in [3.8, 4) is 5.69 Å². The van der Waals surface area contributed by atoms with Gasteiger partial charge < -0.3 is 0 Å². The summed E-state index contributed by atoms with van der Waals surface area (Å²) in [6.07, 6.45) is 1.97. The molecule has 0 unspecified atom stereocenters. The average Bonchev–Trinajstić information content (AvgIpc) is 2.52. The Bertz CT molecular complexity index is 495. The summed E-state index contributed by atoms with van der Waals surface area (Å²) in [5.41, 5.74) is 1.05. The zero-order chi connectivity index (χ0) is 10.1. The molecule has 1 aromatic carbocycles. The number of thiazole rings is 1. The van der Waals surface area contributed by atoms with Gasteiger partial charge in [0, 0.05) is 20.5 Å². The molecular formula is C9H5Br2NS2. The topological polar surface area (TPSA) is 4.93 Å². The largest absolute Gasteiger partial charge is 0.297 e. The van der Waals surface area contributed by atoms with E-state index in [1.165, 1.54) is 0 Å². The van der Waals surface area contributed by atoms with Gasteiger partial charge in [-0.05, 0) is 56.2 Å². The summed E-state index contributed by atoms with van der Waals surface area (Å²) in [7, 11) is 0. The van der Waals surface area contributed by atoms with Crippen molar-refractivity contribution in [2.45, 2.75) is 0 Å². The smallest absolute Gasteiger partial charge is 0.165 e. The second kappa shape index (κ2) is 4.26. The molecule has 72 valence electrons. The highest BCUT2D eigenvalue weighted by atomic mass is 79.9. The van der Waals surface area contributed by atoms with E-state index in [-0.39, 0.29) is 0 Å². The zero-order valence-electron chi connectivity index (χ0n) is 6.91. The van der Waals surface area contributed by atoms with Gasteiger partial charge in [-0.3, -0.25) is 4.57 Å². The fraction of sp³-hybridized carbons (Fsp3) is 0. The number of aromatic nitrogens is 1. The first-order valence-electron chi connectivity index (χ1n) is 3.80. The quantitative estimate of drug-likeness (QED) is 0.669. The Morgan fingerprint density at radius 1 is 1.21 bits per heavy atom. The second-order valence-corrected chi connectivity index (χ2v) is 5.86. The molecule has 14 heavy (non-hydrogen) atoms. The third-order valence-corrected chi connectivity index (χ3v) is 4.18. The standard InChI is InChI=1S/C9H5Br2NS2/c10-6-2-1-3-7(11)8(6)12-4-5-14-9(12)13/h1-5H. The highest BCUT2D eigenvalue weighted by molar-refractivity contribution is 9.11. The SMILES string of the molecule is S=c1sccn1-c1c(Br)cccc1Br. The van der Waals surface area contributed by atoms with Crippen molar-refractivity contribution in [2.24, 2.45) is 0 Å². The maximum Gasteiger partial charge on any atom is 0.165 e. The van der Waals surface area contributed by atoms with E-state index in [1.54, 1.807) is 11.3 Å². The number of rotatable bonds is 1. The van der Waals surface area contributed by atoms with Crippen LogP contribution in [0, 0.1) is 3.95 Å². The summed E-state index contributed by atoms with van der Waals surface area (Å²) >= 11 is 13.8. The van der Waals surface area contributed by atoms with Crippen molar-refractivity contribution < 1.29 is 0 Å². The maximum absolute atomic E-state index is 5.23. The fourth-order valence-electron chi connectivity index (χ4n) is 1.15. The van der Waals surface area contributed by atoms with Gasteiger partial charge in [0.15, 0.2) is 3.95 Å². The molecule has 0 amide bonds. The first kappa shape index (κ1) is 10.5. The molecule has 0 radical (unpaired) electrons. The number of halogens is 2. The first-order valence-corrected chi connectivity index (χ1v) is 6.68. The van der Waals surface area contributed by atoms with Crippen LogP contribution in [-0.4, -0.2) is 4.57 Å². The number of benzene rings is 1. The Hall–Kier alpha value is 0.0300. The Balaban J connectivity index is 2.74. The lowest BCUT2D eigenvalue weighted by atomic mass is 10.3. The molecule has 2 rings (SSSR count). The van der Waals surface area contributed by atoms with Crippen LogP contribution in [0.1, 0.15) is 0 Å². The average molecular weight is 351 g/mol. The third kappa shape index (κ3) is 1.86. The van der Waals surface area contributed by atoms with Gasteiger partial charge in [0.05, 0.1) is 5.69 Å². The zero-order valence-corrected chi connectivity index (χ0v) is 11.7. The van der Waals surface area contributed by atoms with E-state index in [0.717, 1.165) is 18.6 Å². The van der Waals surface area contributed by atoms with E-state index in [1.807, 2.05) is 34.3 Å². The van der Waals surface area contributed by atoms with Gasteiger partial charge in [0.2, 0.25) is 0 Å². The first-order chi connectivity index (χ1) is 6.70. The lowest BCUT2D eigenvalue weighted by molar-refractivity contribution is 1.05. The summed E-state index contributed by atoms with van der Waals surface area (Å²) < 4.78 is 4.88. The van der Waals surface area contributed by atoms with Crippen molar-refractivity contribution >= 4 is 55.4 Å². The molecule has 1 heterocycles. The molecule has 0 bridgehead atoms. The predicted octanol–water partition coefficient (Wildman–Crippen LogP) is 4.79. The van der Waals surface area contributed by atoms with E-state index in [4.69, 9.17) is 12.2 Å². The van der Waals surface area contributed by atoms with Gasteiger partial charge in [-0.2, -0.15) is 0 Å². The third-order valence-electron chi connectivity index (χ3n) is 1.75. The van der Waals surface area contributed by atoms with E-state index in [0.29, 0.717) is 0 Å². The summed E-state index contributed by atoms with van der Waals surface area (Å²) in [4.78, 5) is 0. The van der Waals surface area contributed by atoms with Gasteiger partial charge in [-0.25, -0.2) is 0 Å². The van der Waals surface area contributed by atoms with E-state index in [9.17, 15) is 0 Å². The minimum absolute atomic E-state index is 0.845. The molecule has 5 heteroatoms. The van der Waals surface area contributed by atoms with Crippen LogP contribution in [0.4, 0.5) is 0 Å². The summed E-state index contributed by atoms with van der Waals surface area (Å²) in [6, 6.07) is 5.98. The summed E-state index contributed by atoms with van der Waals surface area (Å²) in [5, 5.41) is 1.98. The molecule has 0 aliphatic rings. The Kier molecular flexibility index (Phi) is 3.21. The van der Waals surface area contributed by atoms with E-state index >= 15 is 0 Å². The molecule has 0 spiro atoms. The normalized spacial score (nSPS) is 10.4. The van der Waals surface area contributed by atoms with Gasteiger partial charge >= 0.3 is 0 Å². The minimum Gasteiger partial charge on any atom is -0.297 e. The van der Waals surface area contributed by atoms with Crippen molar-refractivity contribution in [2.75, 3.05) is 0 Å². The molecule has 0 fully saturated rings. The van der Waals surface area contributed by atoms with Crippen molar-refractivity contribution in [1.29, 1.82) is 0 Å². The second-order valence-electron chi connectivity index (χ2n) is 2.61. The highest BCUT2D eigenvalue weighted by Crippen LogP contribution is 2.29. The molecule has 1 nitrogen and oxygen atoms in total. The molecule has 0 atom stereocenters. The van der Waals surface area contributed by atoms with Crippen LogP contribution in [0.15, 0.2) is 38.7 Å². The van der Waals surface area contributed by atoms with Crippen LogP contribution in [0.25, 0.3) is 5.69 Å². The minimum atomic E-state index is 0.845. The van der Waals surface area contributed by atoms with Crippen molar-refractivity contribution in [3.05, 3.63) is 42.7 Å². The number of hydrogen-bond acceptors (Lipinski definition) is 2. The Labute approximate surface area is 108 Å². The van der Waals surface area contributed by atoms with Gasteiger partial charge in [0.25, 0.3) is 0 Å². The lowest BCUT2D eigenvalue weighted by Crippen LogP contribution is -1.93. The van der Waals surface area contributed by atoms with Crippen LogP contribution < -0.4 is 0 Å². The highest BCUT2D eigenvalue weighted by Gasteiger charge is 2.06. The maximum atomic E-state index is 5.23. The number of hydrogen-bond donors (Lipinski definition) is 0. The van der Waals surface area contributed by atoms with Crippen LogP contribution in [0.3, 0.4) is 0 Å². The van der Waals surface area contributed by atoms with Crippen LogP contribution in [-0.2, 0) is 0 Å². The number of nitrogens with zero attached hydrogens (tertiary/aromatic N) is 1. The molecule has 1 aromatic heterocycles. The van der Waals surface area contributed by atoms with Crippen LogP contribution >= 0.6 is 55.4 Å². The number of para-hydroxylation sites is 1. The monoisotopic (exact) mass is 349 g/mol.